The number of nitrogens with zero attached hydrogens (tertiary/aromatic N) is 2. The zero-order valence-electron chi connectivity index (χ0n) is 11.9. The number of amides is 1. The van der Waals surface area contributed by atoms with E-state index in [9.17, 15) is 22.4 Å². The highest BCUT2D eigenvalue weighted by Gasteiger charge is 2.35. The molecule has 2 rings (SSSR count). The minimum absolute atomic E-state index is 0.119. The molecule has 1 amide bonds. The highest BCUT2D eigenvalue weighted by Crippen LogP contribution is 2.31. The fourth-order valence-corrected chi connectivity index (χ4v) is 1.83. The predicted octanol–water partition coefficient (Wildman–Crippen LogP) is 3.39. The number of halogens is 4. The number of aromatic nitrogens is 1. The molecule has 0 saturated carbocycles. The van der Waals surface area contributed by atoms with Gasteiger partial charge < -0.3 is 0 Å². The molecular weight excluding hydrogens is 314 g/mol. The molecule has 0 unspecified atom stereocenters. The van der Waals surface area contributed by atoms with Crippen LogP contribution in [0.3, 0.4) is 0 Å². The Morgan fingerprint density at radius 1 is 1.17 bits per heavy atom. The summed E-state index contributed by atoms with van der Waals surface area (Å²) in [7, 11) is 0. The highest BCUT2D eigenvalue weighted by atomic mass is 19.4. The number of rotatable bonds is 3. The van der Waals surface area contributed by atoms with Gasteiger partial charge in [-0.15, -0.1) is 0 Å². The Morgan fingerprint density at radius 3 is 2.52 bits per heavy atom. The number of benzene rings is 1. The van der Waals surface area contributed by atoms with Gasteiger partial charge in [0.25, 0.3) is 5.91 Å². The Bertz CT molecular complexity index is 756. The zero-order valence-corrected chi connectivity index (χ0v) is 11.9. The molecule has 0 fully saturated rings. The molecule has 0 bridgehead atoms. The van der Waals surface area contributed by atoms with Gasteiger partial charge in [0.2, 0.25) is 0 Å². The first-order chi connectivity index (χ1) is 10.8. The first kappa shape index (κ1) is 16.6. The fourth-order valence-electron chi connectivity index (χ4n) is 1.83. The van der Waals surface area contributed by atoms with Crippen LogP contribution in [0.25, 0.3) is 0 Å². The van der Waals surface area contributed by atoms with Crippen molar-refractivity contribution in [1.29, 1.82) is 0 Å². The van der Waals surface area contributed by atoms with E-state index in [1.807, 2.05) is 5.43 Å². The van der Waals surface area contributed by atoms with Crippen molar-refractivity contribution in [1.82, 2.24) is 10.4 Å². The van der Waals surface area contributed by atoms with Crippen molar-refractivity contribution in [2.24, 2.45) is 5.10 Å². The first-order valence-corrected chi connectivity index (χ1v) is 6.41. The van der Waals surface area contributed by atoms with Crippen molar-refractivity contribution in [2.45, 2.75) is 13.1 Å². The standard InChI is InChI=1S/C15H11F4N3O/c1-9(10-4-2-3-5-13(10)16)21-22-14(23)11-8-20-7-6-12(11)15(17,18)19/h2-8H,1H3,(H,22,23). The molecule has 120 valence electrons. The van der Waals surface area contributed by atoms with E-state index in [0.29, 0.717) is 6.07 Å². The predicted molar refractivity (Wildman–Crippen MR) is 75.3 cm³/mol. The third kappa shape index (κ3) is 3.91. The van der Waals surface area contributed by atoms with E-state index in [1.165, 1.54) is 25.1 Å². The molecule has 0 aliphatic heterocycles. The number of hydrogen-bond donors (Lipinski definition) is 1. The van der Waals surface area contributed by atoms with Crippen molar-refractivity contribution >= 4 is 11.6 Å². The number of carbonyl (C=O) groups is 1. The molecule has 0 spiro atoms. The van der Waals surface area contributed by atoms with E-state index in [1.54, 1.807) is 6.07 Å². The highest BCUT2D eigenvalue weighted by molar-refractivity contribution is 6.01. The normalized spacial score (nSPS) is 12.1. The van der Waals surface area contributed by atoms with E-state index >= 15 is 0 Å². The molecule has 0 aliphatic carbocycles. The Kier molecular flexibility index (Phi) is 4.73. The Balaban J connectivity index is 2.24. The molecule has 1 aromatic heterocycles. The Hall–Kier alpha value is -2.77. The fraction of sp³-hybridized carbons (Fsp3) is 0.133. The molecule has 1 aromatic carbocycles. The van der Waals surface area contributed by atoms with Gasteiger partial charge in [-0.05, 0) is 19.1 Å². The lowest BCUT2D eigenvalue weighted by atomic mass is 10.1. The molecule has 0 saturated heterocycles. The monoisotopic (exact) mass is 325 g/mol. The van der Waals surface area contributed by atoms with Crippen LogP contribution < -0.4 is 5.43 Å². The molecule has 0 atom stereocenters. The number of alkyl halides is 3. The van der Waals surface area contributed by atoms with Crippen LogP contribution in [0.5, 0.6) is 0 Å². The molecule has 2 aromatic rings. The zero-order chi connectivity index (χ0) is 17.0. The number of hydrogen-bond acceptors (Lipinski definition) is 3. The van der Waals surface area contributed by atoms with Crippen molar-refractivity contribution in [3.05, 3.63) is 65.2 Å². The van der Waals surface area contributed by atoms with Crippen LogP contribution in [0.15, 0.2) is 47.8 Å². The molecule has 0 radical (unpaired) electrons. The summed E-state index contributed by atoms with van der Waals surface area (Å²) >= 11 is 0. The molecule has 8 heteroatoms. The summed E-state index contributed by atoms with van der Waals surface area (Å²) in [6.07, 6.45) is -2.96. The minimum Gasteiger partial charge on any atom is -0.267 e. The van der Waals surface area contributed by atoms with Gasteiger partial charge in [-0.2, -0.15) is 18.3 Å². The average molecular weight is 325 g/mol. The van der Waals surface area contributed by atoms with E-state index in [4.69, 9.17) is 0 Å². The maximum atomic E-state index is 13.6. The van der Waals surface area contributed by atoms with E-state index < -0.39 is 29.0 Å². The summed E-state index contributed by atoms with van der Waals surface area (Å²) in [4.78, 5) is 15.4. The third-order valence-corrected chi connectivity index (χ3v) is 2.96. The number of nitrogens with one attached hydrogen (secondary N) is 1. The maximum absolute atomic E-state index is 13.6. The van der Waals surface area contributed by atoms with Gasteiger partial charge in [0.15, 0.2) is 0 Å². The second kappa shape index (κ2) is 6.55. The average Bonchev–Trinajstić information content (AvgIpc) is 2.52. The second-order valence-electron chi connectivity index (χ2n) is 4.54. The number of pyridine rings is 1. The second-order valence-corrected chi connectivity index (χ2v) is 4.54. The SMILES string of the molecule is CC(=NNC(=O)c1cnccc1C(F)(F)F)c1ccccc1F. The van der Waals surface area contributed by atoms with Crippen LogP contribution in [0, 0.1) is 5.82 Å². The third-order valence-electron chi connectivity index (χ3n) is 2.96. The topological polar surface area (TPSA) is 54.4 Å². The van der Waals surface area contributed by atoms with Gasteiger partial charge >= 0.3 is 6.18 Å². The van der Waals surface area contributed by atoms with Crippen LogP contribution in [0.4, 0.5) is 17.6 Å². The number of hydrazone groups is 1. The molecule has 23 heavy (non-hydrogen) atoms. The maximum Gasteiger partial charge on any atom is 0.417 e. The van der Waals surface area contributed by atoms with Crippen molar-refractivity contribution in [3.8, 4) is 0 Å². The Labute approximate surface area is 128 Å². The lowest BCUT2D eigenvalue weighted by molar-refractivity contribution is -0.138. The smallest absolute Gasteiger partial charge is 0.267 e. The summed E-state index contributed by atoms with van der Waals surface area (Å²) in [5.41, 5.74) is 0.449. The van der Waals surface area contributed by atoms with Gasteiger partial charge in [0.1, 0.15) is 5.82 Å². The van der Waals surface area contributed by atoms with Crippen LogP contribution in [-0.4, -0.2) is 16.6 Å². The van der Waals surface area contributed by atoms with Gasteiger partial charge in [-0.25, -0.2) is 9.82 Å². The van der Waals surface area contributed by atoms with E-state index in [-0.39, 0.29) is 11.3 Å². The largest absolute Gasteiger partial charge is 0.417 e. The summed E-state index contributed by atoms with van der Waals surface area (Å²) in [5, 5.41) is 3.64. The van der Waals surface area contributed by atoms with E-state index in [0.717, 1.165) is 12.4 Å². The first-order valence-electron chi connectivity index (χ1n) is 6.41. The van der Waals surface area contributed by atoms with Crippen molar-refractivity contribution < 1.29 is 22.4 Å². The van der Waals surface area contributed by atoms with Gasteiger partial charge in [-0.1, -0.05) is 18.2 Å². The number of carbonyl (C=O) groups excluding carboxylic acids is 1. The molecule has 1 N–H and O–H groups in total. The van der Waals surface area contributed by atoms with Crippen molar-refractivity contribution in [2.75, 3.05) is 0 Å². The quantitative estimate of drug-likeness (QED) is 0.534. The Morgan fingerprint density at radius 2 is 1.87 bits per heavy atom. The van der Waals surface area contributed by atoms with E-state index in [2.05, 4.69) is 10.1 Å². The lowest BCUT2D eigenvalue weighted by Crippen LogP contribution is -2.23. The molecule has 0 aliphatic rings. The minimum atomic E-state index is -4.69. The molecular formula is C15H11F4N3O. The van der Waals surface area contributed by atoms with Crippen LogP contribution in [-0.2, 0) is 6.18 Å². The van der Waals surface area contributed by atoms with Crippen LogP contribution >= 0.6 is 0 Å². The van der Waals surface area contributed by atoms with Crippen molar-refractivity contribution in [3.63, 3.8) is 0 Å². The molecule has 4 nitrogen and oxygen atoms in total. The summed E-state index contributed by atoms with van der Waals surface area (Å²) in [6, 6.07) is 6.39. The van der Waals surface area contributed by atoms with Gasteiger partial charge in [0, 0.05) is 18.0 Å². The lowest BCUT2D eigenvalue weighted by Gasteiger charge is -2.11. The van der Waals surface area contributed by atoms with Crippen LogP contribution in [0.2, 0.25) is 0 Å². The summed E-state index contributed by atoms with van der Waals surface area (Å²) < 4.78 is 52.1. The summed E-state index contributed by atoms with van der Waals surface area (Å²) in [5.74, 6) is -1.64. The van der Waals surface area contributed by atoms with Gasteiger partial charge in [-0.3, -0.25) is 9.78 Å². The molecule has 1 heterocycles. The summed E-state index contributed by atoms with van der Waals surface area (Å²) in [6.45, 7) is 1.42. The van der Waals surface area contributed by atoms with Gasteiger partial charge in [0.05, 0.1) is 16.8 Å². The van der Waals surface area contributed by atoms with Crippen LogP contribution in [0.1, 0.15) is 28.4 Å².